The van der Waals surface area contributed by atoms with Crippen LogP contribution in [0.2, 0.25) is 24.2 Å². The predicted octanol–water partition coefficient (Wildman–Crippen LogP) is 4.69. The molecule has 0 nitrogen and oxygen atoms in total. The van der Waals surface area contributed by atoms with Crippen LogP contribution in [0.5, 0.6) is 0 Å². The molecular formula is C12H26Si. The fraction of sp³-hybridized carbons (Fsp3) is 1.00. The minimum absolute atomic E-state index is 0.722. The van der Waals surface area contributed by atoms with Gasteiger partial charge in [0.15, 0.2) is 0 Å². The summed E-state index contributed by atoms with van der Waals surface area (Å²) in [5.74, 6) is 1.02. The third-order valence-corrected chi connectivity index (χ3v) is 10.5. The summed E-state index contributed by atoms with van der Waals surface area (Å²) >= 11 is 0. The SMILES string of the molecule is CCC1CCC[Si](C)(C)C1(C)CC. The first-order chi connectivity index (χ1) is 5.98. The Labute approximate surface area is 85.1 Å². The smallest absolute Gasteiger partial charge is 0.0536 e. The van der Waals surface area contributed by atoms with Gasteiger partial charge in [-0.25, -0.2) is 0 Å². The van der Waals surface area contributed by atoms with Gasteiger partial charge < -0.3 is 0 Å². The van der Waals surface area contributed by atoms with Gasteiger partial charge in [0.05, 0.1) is 8.07 Å². The Morgan fingerprint density at radius 1 is 1.31 bits per heavy atom. The molecule has 1 aliphatic heterocycles. The standard InChI is InChI=1S/C12H26Si/c1-6-11-9-8-10-13(4,5)12(11,3)7-2/h11H,6-10H2,1-5H3. The van der Waals surface area contributed by atoms with Gasteiger partial charge in [0.25, 0.3) is 0 Å². The molecule has 1 rings (SSSR count). The molecule has 2 unspecified atom stereocenters. The zero-order valence-corrected chi connectivity index (χ0v) is 11.1. The van der Waals surface area contributed by atoms with E-state index in [9.17, 15) is 0 Å². The normalized spacial score (nSPS) is 39.0. The predicted molar refractivity (Wildman–Crippen MR) is 64.0 cm³/mol. The molecule has 0 amide bonds. The monoisotopic (exact) mass is 198 g/mol. The number of hydrogen-bond acceptors (Lipinski definition) is 0. The van der Waals surface area contributed by atoms with Crippen molar-refractivity contribution >= 4 is 8.07 Å². The highest BCUT2D eigenvalue weighted by molar-refractivity contribution is 6.80. The first-order valence-corrected chi connectivity index (χ1v) is 9.18. The lowest BCUT2D eigenvalue weighted by Gasteiger charge is -2.52. The van der Waals surface area contributed by atoms with Gasteiger partial charge in [-0.1, -0.05) is 65.6 Å². The molecule has 0 saturated carbocycles. The van der Waals surface area contributed by atoms with Crippen molar-refractivity contribution in [3.63, 3.8) is 0 Å². The molecule has 1 fully saturated rings. The molecule has 0 spiro atoms. The Hall–Kier alpha value is 0.217. The van der Waals surface area contributed by atoms with Crippen LogP contribution in [0.15, 0.2) is 0 Å². The first-order valence-electron chi connectivity index (χ1n) is 5.98. The average molecular weight is 198 g/mol. The maximum atomic E-state index is 2.61. The summed E-state index contributed by atoms with van der Waals surface area (Å²) in [6.45, 7) is 12.6. The Kier molecular flexibility index (Phi) is 3.27. The Bertz CT molecular complexity index is 174. The highest BCUT2D eigenvalue weighted by Gasteiger charge is 2.47. The van der Waals surface area contributed by atoms with Gasteiger partial charge in [-0.05, 0) is 11.0 Å². The third kappa shape index (κ3) is 1.72. The lowest BCUT2D eigenvalue weighted by atomic mass is 9.84. The second-order valence-electron chi connectivity index (χ2n) is 5.65. The van der Waals surface area contributed by atoms with Crippen molar-refractivity contribution in [1.29, 1.82) is 0 Å². The fourth-order valence-corrected chi connectivity index (χ4v) is 7.44. The molecule has 1 saturated heterocycles. The van der Waals surface area contributed by atoms with Crippen LogP contribution in [-0.4, -0.2) is 8.07 Å². The topological polar surface area (TPSA) is 0 Å². The van der Waals surface area contributed by atoms with E-state index in [1.807, 2.05) is 0 Å². The lowest BCUT2D eigenvalue weighted by molar-refractivity contribution is 0.299. The van der Waals surface area contributed by atoms with Crippen LogP contribution in [0.4, 0.5) is 0 Å². The van der Waals surface area contributed by atoms with Gasteiger partial charge in [-0.3, -0.25) is 0 Å². The Balaban J connectivity index is 2.90. The van der Waals surface area contributed by atoms with E-state index in [0.29, 0.717) is 0 Å². The van der Waals surface area contributed by atoms with Crippen molar-refractivity contribution in [2.24, 2.45) is 5.92 Å². The average Bonchev–Trinajstić information content (AvgIpc) is 2.09. The zero-order chi connectivity index (χ0) is 10.1. The number of hydrogen-bond donors (Lipinski definition) is 0. The van der Waals surface area contributed by atoms with Crippen molar-refractivity contribution in [3.05, 3.63) is 0 Å². The largest absolute Gasteiger partial charge is 0.0689 e. The molecular weight excluding hydrogens is 172 g/mol. The van der Waals surface area contributed by atoms with Gasteiger partial charge in [-0.15, -0.1) is 0 Å². The van der Waals surface area contributed by atoms with Gasteiger partial charge in [0.1, 0.15) is 0 Å². The molecule has 0 aromatic heterocycles. The molecule has 2 atom stereocenters. The lowest BCUT2D eigenvalue weighted by Crippen LogP contribution is -2.47. The second kappa shape index (κ2) is 3.76. The van der Waals surface area contributed by atoms with Crippen molar-refractivity contribution in [1.82, 2.24) is 0 Å². The van der Waals surface area contributed by atoms with Crippen LogP contribution in [-0.2, 0) is 0 Å². The summed E-state index contributed by atoms with van der Waals surface area (Å²) in [4.78, 5) is 0. The molecule has 0 bridgehead atoms. The molecule has 0 aromatic carbocycles. The van der Waals surface area contributed by atoms with Gasteiger partial charge in [0.2, 0.25) is 0 Å². The molecule has 1 heterocycles. The molecule has 78 valence electrons. The van der Waals surface area contributed by atoms with Crippen LogP contribution in [0, 0.1) is 5.92 Å². The van der Waals surface area contributed by atoms with E-state index in [2.05, 4.69) is 33.9 Å². The molecule has 0 aliphatic carbocycles. The fourth-order valence-electron chi connectivity index (χ4n) is 3.37. The molecule has 13 heavy (non-hydrogen) atoms. The van der Waals surface area contributed by atoms with E-state index < -0.39 is 8.07 Å². The minimum atomic E-state index is -0.928. The van der Waals surface area contributed by atoms with E-state index in [0.717, 1.165) is 11.0 Å². The van der Waals surface area contributed by atoms with E-state index in [1.54, 1.807) is 6.04 Å². The van der Waals surface area contributed by atoms with Crippen LogP contribution >= 0.6 is 0 Å². The van der Waals surface area contributed by atoms with Gasteiger partial charge in [0, 0.05) is 0 Å². The summed E-state index contributed by atoms with van der Waals surface area (Å²) in [5, 5.41) is 0.722. The number of rotatable bonds is 2. The zero-order valence-electron chi connectivity index (χ0n) is 10.1. The first kappa shape index (κ1) is 11.3. The van der Waals surface area contributed by atoms with Gasteiger partial charge >= 0.3 is 0 Å². The van der Waals surface area contributed by atoms with E-state index in [4.69, 9.17) is 0 Å². The molecule has 0 aromatic rings. The summed E-state index contributed by atoms with van der Waals surface area (Å²) in [6.07, 6.45) is 5.82. The maximum Gasteiger partial charge on any atom is 0.0536 e. The molecule has 0 radical (unpaired) electrons. The molecule has 0 N–H and O–H groups in total. The Morgan fingerprint density at radius 3 is 2.31 bits per heavy atom. The van der Waals surface area contributed by atoms with Crippen molar-refractivity contribution in [2.45, 2.75) is 70.6 Å². The van der Waals surface area contributed by atoms with Gasteiger partial charge in [-0.2, -0.15) is 0 Å². The second-order valence-corrected chi connectivity index (χ2v) is 11.1. The van der Waals surface area contributed by atoms with E-state index >= 15 is 0 Å². The summed E-state index contributed by atoms with van der Waals surface area (Å²) in [6, 6.07) is 1.56. The summed E-state index contributed by atoms with van der Waals surface area (Å²) in [5.41, 5.74) is 0. The van der Waals surface area contributed by atoms with Crippen molar-refractivity contribution in [3.8, 4) is 0 Å². The summed E-state index contributed by atoms with van der Waals surface area (Å²) in [7, 11) is -0.928. The van der Waals surface area contributed by atoms with Crippen molar-refractivity contribution in [2.75, 3.05) is 0 Å². The van der Waals surface area contributed by atoms with E-state index in [1.165, 1.54) is 25.7 Å². The summed E-state index contributed by atoms with van der Waals surface area (Å²) < 4.78 is 0. The highest BCUT2D eigenvalue weighted by atomic mass is 28.3. The van der Waals surface area contributed by atoms with Crippen LogP contribution in [0.25, 0.3) is 0 Å². The molecule has 1 heteroatoms. The van der Waals surface area contributed by atoms with Crippen LogP contribution < -0.4 is 0 Å². The van der Waals surface area contributed by atoms with Crippen LogP contribution in [0.1, 0.15) is 46.5 Å². The minimum Gasteiger partial charge on any atom is -0.0689 e. The van der Waals surface area contributed by atoms with E-state index in [-0.39, 0.29) is 0 Å². The highest BCUT2D eigenvalue weighted by Crippen LogP contribution is 2.56. The Morgan fingerprint density at radius 2 is 1.92 bits per heavy atom. The van der Waals surface area contributed by atoms with Crippen molar-refractivity contribution < 1.29 is 0 Å². The van der Waals surface area contributed by atoms with Crippen LogP contribution in [0.3, 0.4) is 0 Å². The molecule has 1 aliphatic rings. The maximum absolute atomic E-state index is 2.61. The quantitative estimate of drug-likeness (QED) is 0.565. The third-order valence-electron chi connectivity index (χ3n) is 5.03.